The maximum absolute atomic E-state index is 11.8. The number of hydrogen-bond acceptors (Lipinski definition) is 4. The summed E-state index contributed by atoms with van der Waals surface area (Å²) in [5.74, 6) is -0.109. The van der Waals surface area contributed by atoms with Gasteiger partial charge in [0, 0.05) is 25.8 Å². The number of aryl methyl sites for hydroxylation is 1. The summed E-state index contributed by atoms with van der Waals surface area (Å²) < 4.78 is 27.8. The van der Waals surface area contributed by atoms with E-state index in [1.807, 2.05) is 6.92 Å². The number of rotatable bonds is 6. The summed E-state index contributed by atoms with van der Waals surface area (Å²) in [7, 11) is -2.22. The normalized spacial score (nSPS) is 13.0. The van der Waals surface area contributed by atoms with Gasteiger partial charge >= 0.3 is 0 Å². The standard InChI is InChI=1S/C13H20N2O4S/c1-9(8-19-3)6-13(16)15-11-5-4-10(2)12(7-11)20(14,17)18/h4-5,7,9H,6,8H2,1-3H3,(H,15,16)(H2,14,17,18). The van der Waals surface area contributed by atoms with E-state index in [0.29, 0.717) is 24.3 Å². The summed E-state index contributed by atoms with van der Waals surface area (Å²) in [6, 6.07) is 4.61. The molecule has 1 aromatic carbocycles. The zero-order chi connectivity index (χ0) is 15.3. The molecular weight excluding hydrogens is 280 g/mol. The van der Waals surface area contributed by atoms with E-state index in [-0.39, 0.29) is 16.7 Å². The number of hydrogen-bond donors (Lipinski definition) is 2. The van der Waals surface area contributed by atoms with E-state index >= 15 is 0 Å². The van der Waals surface area contributed by atoms with Crippen molar-refractivity contribution in [3.05, 3.63) is 23.8 Å². The Morgan fingerprint density at radius 1 is 1.45 bits per heavy atom. The molecular formula is C13H20N2O4S. The van der Waals surface area contributed by atoms with E-state index in [0.717, 1.165) is 0 Å². The minimum atomic E-state index is -3.79. The number of amides is 1. The number of nitrogens with one attached hydrogen (secondary N) is 1. The van der Waals surface area contributed by atoms with Gasteiger partial charge < -0.3 is 10.1 Å². The van der Waals surface area contributed by atoms with Crippen LogP contribution >= 0.6 is 0 Å². The molecule has 1 rings (SSSR count). The second kappa shape index (κ2) is 6.83. The molecule has 0 fully saturated rings. The molecule has 1 atom stereocenters. The average molecular weight is 300 g/mol. The zero-order valence-electron chi connectivity index (χ0n) is 11.8. The minimum Gasteiger partial charge on any atom is -0.384 e. The highest BCUT2D eigenvalue weighted by Crippen LogP contribution is 2.19. The molecule has 7 heteroatoms. The number of ether oxygens (including phenoxy) is 1. The predicted molar refractivity (Wildman–Crippen MR) is 76.8 cm³/mol. The lowest BCUT2D eigenvalue weighted by atomic mass is 10.1. The van der Waals surface area contributed by atoms with Crippen LogP contribution in [0.5, 0.6) is 0 Å². The summed E-state index contributed by atoms with van der Waals surface area (Å²) in [5, 5.41) is 7.78. The minimum absolute atomic E-state index is 0.0141. The van der Waals surface area contributed by atoms with Crippen LogP contribution in [0.1, 0.15) is 18.9 Å². The van der Waals surface area contributed by atoms with Gasteiger partial charge in [-0.15, -0.1) is 0 Å². The number of carbonyl (C=O) groups excluding carboxylic acids is 1. The quantitative estimate of drug-likeness (QED) is 0.826. The Hall–Kier alpha value is -1.44. The molecule has 0 aliphatic rings. The SMILES string of the molecule is COCC(C)CC(=O)Nc1ccc(C)c(S(N)(=O)=O)c1. The highest BCUT2D eigenvalue weighted by atomic mass is 32.2. The van der Waals surface area contributed by atoms with Crippen molar-refractivity contribution in [1.82, 2.24) is 0 Å². The van der Waals surface area contributed by atoms with Crippen LogP contribution in [0.4, 0.5) is 5.69 Å². The summed E-state index contributed by atoms with van der Waals surface area (Å²) in [5.41, 5.74) is 0.951. The molecule has 0 heterocycles. The Kier molecular flexibility index (Phi) is 5.67. The van der Waals surface area contributed by atoms with Gasteiger partial charge in [0.25, 0.3) is 0 Å². The molecule has 3 N–H and O–H groups in total. The number of anilines is 1. The first-order chi connectivity index (χ1) is 9.24. The van der Waals surface area contributed by atoms with Crippen LogP contribution in [0.2, 0.25) is 0 Å². The van der Waals surface area contributed by atoms with E-state index < -0.39 is 10.0 Å². The van der Waals surface area contributed by atoms with Crippen molar-refractivity contribution in [2.24, 2.45) is 11.1 Å². The van der Waals surface area contributed by atoms with Crippen molar-refractivity contribution in [1.29, 1.82) is 0 Å². The first kappa shape index (κ1) is 16.6. The molecule has 0 aliphatic carbocycles. The Labute approximate surface area is 119 Å². The molecule has 20 heavy (non-hydrogen) atoms. The fourth-order valence-corrected chi connectivity index (χ4v) is 2.66. The lowest BCUT2D eigenvalue weighted by Gasteiger charge is -2.12. The lowest BCUT2D eigenvalue weighted by molar-refractivity contribution is -0.117. The number of sulfonamides is 1. The summed E-state index contributed by atoms with van der Waals surface area (Å²) in [6.45, 7) is 4.03. The van der Waals surface area contributed by atoms with Crippen molar-refractivity contribution in [3.63, 3.8) is 0 Å². The Morgan fingerprint density at radius 2 is 2.10 bits per heavy atom. The number of methoxy groups -OCH3 is 1. The monoisotopic (exact) mass is 300 g/mol. The van der Waals surface area contributed by atoms with Crippen molar-refractivity contribution in [3.8, 4) is 0 Å². The van der Waals surface area contributed by atoms with Gasteiger partial charge in [0.15, 0.2) is 0 Å². The van der Waals surface area contributed by atoms with E-state index in [4.69, 9.17) is 9.88 Å². The fourth-order valence-electron chi connectivity index (χ4n) is 1.86. The first-order valence-corrected chi connectivity index (χ1v) is 7.71. The van der Waals surface area contributed by atoms with Gasteiger partial charge in [-0.25, -0.2) is 13.6 Å². The number of benzene rings is 1. The lowest BCUT2D eigenvalue weighted by Crippen LogP contribution is -2.18. The third-order valence-corrected chi connectivity index (χ3v) is 3.82. The van der Waals surface area contributed by atoms with Crippen LogP contribution in [0.25, 0.3) is 0 Å². The zero-order valence-corrected chi connectivity index (χ0v) is 12.7. The van der Waals surface area contributed by atoms with Gasteiger partial charge in [0.2, 0.25) is 15.9 Å². The second-order valence-corrected chi connectivity index (χ2v) is 6.37. The van der Waals surface area contributed by atoms with Crippen molar-refractivity contribution in [2.75, 3.05) is 19.0 Å². The third-order valence-electron chi connectivity index (χ3n) is 2.76. The Morgan fingerprint density at radius 3 is 2.65 bits per heavy atom. The van der Waals surface area contributed by atoms with Gasteiger partial charge in [0.1, 0.15) is 0 Å². The van der Waals surface area contributed by atoms with Gasteiger partial charge in [-0.3, -0.25) is 4.79 Å². The van der Waals surface area contributed by atoms with Crippen LogP contribution in [0.15, 0.2) is 23.1 Å². The molecule has 0 saturated carbocycles. The van der Waals surface area contributed by atoms with Crippen molar-refractivity contribution in [2.45, 2.75) is 25.2 Å². The maximum Gasteiger partial charge on any atom is 0.238 e. The summed E-state index contributed by atoms with van der Waals surface area (Å²) >= 11 is 0. The summed E-state index contributed by atoms with van der Waals surface area (Å²) in [4.78, 5) is 11.8. The molecule has 0 saturated heterocycles. The molecule has 0 aliphatic heterocycles. The van der Waals surface area contributed by atoms with Gasteiger partial charge in [-0.1, -0.05) is 13.0 Å². The second-order valence-electron chi connectivity index (χ2n) is 4.84. The highest BCUT2D eigenvalue weighted by Gasteiger charge is 2.14. The topological polar surface area (TPSA) is 98.5 Å². The van der Waals surface area contributed by atoms with Crippen LogP contribution in [-0.4, -0.2) is 28.0 Å². The Bertz CT molecular complexity index is 584. The van der Waals surface area contributed by atoms with Gasteiger partial charge in [0.05, 0.1) is 4.90 Å². The molecule has 1 unspecified atom stereocenters. The smallest absolute Gasteiger partial charge is 0.238 e. The van der Waals surface area contributed by atoms with E-state index in [2.05, 4.69) is 5.32 Å². The number of nitrogens with two attached hydrogens (primary N) is 1. The molecule has 0 bridgehead atoms. The number of primary sulfonamides is 1. The molecule has 0 radical (unpaired) electrons. The summed E-state index contributed by atoms with van der Waals surface area (Å²) in [6.07, 6.45) is 0.298. The highest BCUT2D eigenvalue weighted by molar-refractivity contribution is 7.89. The third kappa shape index (κ3) is 4.92. The average Bonchev–Trinajstić information content (AvgIpc) is 2.30. The van der Waals surface area contributed by atoms with Crippen LogP contribution in [-0.2, 0) is 19.6 Å². The molecule has 6 nitrogen and oxygen atoms in total. The van der Waals surface area contributed by atoms with Crippen molar-refractivity contribution >= 4 is 21.6 Å². The van der Waals surface area contributed by atoms with E-state index in [1.54, 1.807) is 26.2 Å². The van der Waals surface area contributed by atoms with Crippen molar-refractivity contribution < 1.29 is 17.9 Å². The Balaban J connectivity index is 2.81. The van der Waals surface area contributed by atoms with E-state index in [9.17, 15) is 13.2 Å². The molecule has 1 aromatic rings. The molecule has 0 spiro atoms. The molecule has 112 valence electrons. The largest absolute Gasteiger partial charge is 0.384 e. The van der Waals surface area contributed by atoms with Gasteiger partial charge in [-0.05, 0) is 30.5 Å². The first-order valence-electron chi connectivity index (χ1n) is 6.16. The predicted octanol–water partition coefficient (Wildman–Crippen LogP) is 1.25. The van der Waals surface area contributed by atoms with Crippen LogP contribution in [0, 0.1) is 12.8 Å². The fraction of sp³-hybridized carbons (Fsp3) is 0.462. The molecule has 0 aromatic heterocycles. The molecule has 1 amide bonds. The maximum atomic E-state index is 11.8. The van der Waals surface area contributed by atoms with Crippen LogP contribution in [0.3, 0.4) is 0 Å². The number of carbonyl (C=O) groups is 1. The van der Waals surface area contributed by atoms with Gasteiger partial charge in [-0.2, -0.15) is 0 Å². The van der Waals surface area contributed by atoms with Crippen LogP contribution < -0.4 is 10.5 Å². The van der Waals surface area contributed by atoms with E-state index in [1.165, 1.54) is 6.07 Å².